The predicted molar refractivity (Wildman–Crippen MR) is 271 cm³/mol. The second-order valence-corrected chi connectivity index (χ2v) is 18.3. The van der Waals surface area contributed by atoms with Crippen molar-refractivity contribution in [3.05, 3.63) is 236 Å². The molecule has 12 rings (SSSR count). The first-order valence-corrected chi connectivity index (χ1v) is 22.6. The lowest BCUT2D eigenvalue weighted by Crippen LogP contribution is -2.17. The molecule has 2 heteroatoms. The molecule has 0 unspecified atom stereocenters. The minimum absolute atomic E-state index is 0.228. The minimum atomic E-state index is -0.228. The van der Waals surface area contributed by atoms with E-state index in [2.05, 4.69) is 243 Å². The maximum Gasteiger partial charge on any atom is 0.0546 e. The van der Waals surface area contributed by atoms with E-state index in [1.165, 1.54) is 97.7 Å². The van der Waals surface area contributed by atoms with Gasteiger partial charge in [-0.05, 0) is 114 Å². The number of hydrogen-bond acceptors (Lipinski definition) is 2. The Morgan fingerprint density at radius 1 is 0.349 bits per heavy atom. The number of fused-ring (bicyclic) bond motifs is 7. The van der Waals surface area contributed by atoms with E-state index in [1.807, 2.05) is 11.3 Å². The number of anilines is 3. The maximum atomic E-state index is 2.49. The van der Waals surface area contributed by atoms with Gasteiger partial charge >= 0.3 is 0 Å². The molecule has 0 atom stereocenters. The smallest absolute Gasteiger partial charge is 0.0546 e. The number of benzene rings is 10. The van der Waals surface area contributed by atoms with Crippen LogP contribution >= 0.6 is 11.3 Å². The summed E-state index contributed by atoms with van der Waals surface area (Å²) in [6.45, 7) is 4.79. The fourth-order valence-electron chi connectivity index (χ4n) is 10.1. The third-order valence-corrected chi connectivity index (χ3v) is 14.5. The Morgan fingerprint density at radius 2 is 0.905 bits per heavy atom. The first-order chi connectivity index (χ1) is 31.0. The fourth-order valence-corrected chi connectivity index (χ4v) is 11.3. The maximum absolute atomic E-state index is 2.49. The summed E-state index contributed by atoms with van der Waals surface area (Å²) in [4.78, 5) is 2.49. The standard InChI is InChI=1S/C61H43NS/c1-61(2)56-37-45(49-23-13-20-41-19-9-10-21-48(41)49)30-35-52(56)53-36-33-47(39-57(53)61)62(58-38-44(40-15-5-3-6-16-40)29-34-50(58)42-17-7-4-8-18-42)46-31-27-43(28-32-46)51-24-14-25-55-54-22-11-12-26-59(54)63-60(51)55/h3-39H,1-2H3. The molecule has 0 aliphatic heterocycles. The Bertz CT molecular complexity index is 3520. The SMILES string of the molecule is CC1(C)c2cc(-c3cccc4ccccc34)ccc2-c2ccc(N(c3ccc(-c4cccc5c4sc4ccccc45)cc3)c3cc(-c4ccccc4)ccc3-c3ccccc3)cc21. The van der Waals surface area contributed by atoms with Crippen molar-refractivity contribution >= 4 is 59.3 Å². The van der Waals surface area contributed by atoms with E-state index in [0.717, 1.165) is 17.1 Å². The number of thiophene rings is 1. The molecule has 0 fully saturated rings. The van der Waals surface area contributed by atoms with Crippen molar-refractivity contribution in [3.8, 4) is 55.6 Å². The summed E-state index contributed by atoms with van der Waals surface area (Å²) < 4.78 is 2.65. The van der Waals surface area contributed by atoms with Crippen LogP contribution < -0.4 is 4.90 Å². The first-order valence-electron chi connectivity index (χ1n) is 21.8. The molecular weight excluding hydrogens is 779 g/mol. The average molecular weight is 822 g/mol. The van der Waals surface area contributed by atoms with Gasteiger partial charge in [-0.2, -0.15) is 0 Å². The highest BCUT2D eigenvalue weighted by atomic mass is 32.1. The Morgan fingerprint density at radius 3 is 1.71 bits per heavy atom. The van der Waals surface area contributed by atoms with Gasteiger partial charge in [-0.15, -0.1) is 11.3 Å². The molecule has 0 amide bonds. The van der Waals surface area contributed by atoms with Crippen LogP contribution in [0.5, 0.6) is 0 Å². The zero-order chi connectivity index (χ0) is 42.1. The van der Waals surface area contributed by atoms with Crippen LogP contribution in [-0.2, 0) is 5.41 Å². The third-order valence-electron chi connectivity index (χ3n) is 13.3. The van der Waals surface area contributed by atoms with Gasteiger partial charge in [0.15, 0.2) is 0 Å². The van der Waals surface area contributed by atoms with Crippen LogP contribution in [0.25, 0.3) is 86.6 Å². The van der Waals surface area contributed by atoms with Crippen molar-refractivity contribution in [1.29, 1.82) is 0 Å². The zero-order valence-corrected chi connectivity index (χ0v) is 36.0. The van der Waals surface area contributed by atoms with Crippen molar-refractivity contribution in [2.45, 2.75) is 19.3 Å². The number of nitrogens with zero attached hydrogens (tertiary/aromatic N) is 1. The average Bonchev–Trinajstić information content (AvgIpc) is 3.83. The summed E-state index contributed by atoms with van der Waals surface area (Å²) in [5.74, 6) is 0. The lowest BCUT2D eigenvalue weighted by atomic mass is 9.81. The highest BCUT2D eigenvalue weighted by Crippen LogP contribution is 2.53. The van der Waals surface area contributed by atoms with Gasteiger partial charge in [0, 0.05) is 42.5 Å². The molecular formula is C61H43NS. The van der Waals surface area contributed by atoms with Crippen molar-refractivity contribution in [3.63, 3.8) is 0 Å². The summed E-state index contributed by atoms with van der Waals surface area (Å²) in [5, 5.41) is 5.18. The summed E-state index contributed by atoms with van der Waals surface area (Å²) in [5.41, 5.74) is 18.2. The van der Waals surface area contributed by atoms with E-state index >= 15 is 0 Å². The van der Waals surface area contributed by atoms with Crippen LogP contribution in [0.15, 0.2) is 224 Å². The van der Waals surface area contributed by atoms with Gasteiger partial charge in [0.1, 0.15) is 0 Å². The van der Waals surface area contributed by atoms with Crippen LogP contribution in [0.4, 0.5) is 17.1 Å². The topological polar surface area (TPSA) is 3.24 Å². The molecule has 1 nitrogen and oxygen atoms in total. The van der Waals surface area contributed by atoms with E-state index in [1.54, 1.807) is 0 Å². The Hall–Kier alpha value is -7.52. The van der Waals surface area contributed by atoms with Gasteiger partial charge in [0.2, 0.25) is 0 Å². The largest absolute Gasteiger partial charge is 0.310 e. The van der Waals surface area contributed by atoms with Gasteiger partial charge in [-0.1, -0.05) is 196 Å². The van der Waals surface area contributed by atoms with Crippen LogP contribution in [0, 0.1) is 0 Å². The molecule has 0 saturated heterocycles. The van der Waals surface area contributed by atoms with Crippen LogP contribution in [0.3, 0.4) is 0 Å². The molecule has 0 radical (unpaired) electrons. The quantitative estimate of drug-likeness (QED) is 0.155. The highest BCUT2D eigenvalue weighted by Gasteiger charge is 2.36. The Balaban J connectivity index is 1.03. The van der Waals surface area contributed by atoms with Gasteiger partial charge in [0.05, 0.1) is 5.69 Å². The monoisotopic (exact) mass is 821 g/mol. The molecule has 1 heterocycles. The molecule has 0 spiro atoms. The van der Waals surface area contributed by atoms with Gasteiger partial charge in [0.25, 0.3) is 0 Å². The van der Waals surface area contributed by atoms with Crippen molar-refractivity contribution in [2.24, 2.45) is 0 Å². The van der Waals surface area contributed by atoms with Gasteiger partial charge in [-0.25, -0.2) is 0 Å². The van der Waals surface area contributed by atoms with E-state index in [0.29, 0.717) is 0 Å². The van der Waals surface area contributed by atoms with Gasteiger partial charge < -0.3 is 4.90 Å². The van der Waals surface area contributed by atoms with Crippen LogP contribution in [0.1, 0.15) is 25.0 Å². The first kappa shape index (κ1) is 37.3. The summed E-state index contributed by atoms with van der Waals surface area (Å²) >= 11 is 1.88. The van der Waals surface area contributed by atoms with E-state index < -0.39 is 0 Å². The normalized spacial score (nSPS) is 12.7. The van der Waals surface area contributed by atoms with E-state index in [4.69, 9.17) is 0 Å². The second-order valence-electron chi connectivity index (χ2n) is 17.3. The molecule has 0 saturated carbocycles. The lowest BCUT2D eigenvalue weighted by Gasteiger charge is -2.30. The zero-order valence-electron chi connectivity index (χ0n) is 35.2. The lowest BCUT2D eigenvalue weighted by molar-refractivity contribution is 0.660. The third kappa shape index (κ3) is 6.21. The van der Waals surface area contributed by atoms with Crippen molar-refractivity contribution in [2.75, 3.05) is 4.90 Å². The molecule has 1 aromatic heterocycles. The van der Waals surface area contributed by atoms with E-state index in [9.17, 15) is 0 Å². The summed E-state index contributed by atoms with van der Waals surface area (Å²) in [7, 11) is 0. The molecule has 298 valence electrons. The highest BCUT2D eigenvalue weighted by molar-refractivity contribution is 7.26. The van der Waals surface area contributed by atoms with E-state index in [-0.39, 0.29) is 5.41 Å². The summed E-state index contributed by atoms with van der Waals surface area (Å²) in [6.07, 6.45) is 0. The Kier molecular flexibility index (Phi) is 8.77. The predicted octanol–water partition coefficient (Wildman–Crippen LogP) is 17.7. The van der Waals surface area contributed by atoms with Crippen molar-refractivity contribution in [1.82, 2.24) is 0 Å². The molecule has 10 aromatic carbocycles. The Labute approximate surface area is 372 Å². The fraction of sp³-hybridized carbons (Fsp3) is 0.0492. The molecule has 0 bridgehead atoms. The molecule has 0 N–H and O–H groups in total. The summed E-state index contributed by atoms with van der Waals surface area (Å²) in [6, 6.07) is 82.9. The van der Waals surface area contributed by atoms with Gasteiger partial charge in [-0.3, -0.25) is 0 Å². The number of rotatable bonds is 7. The van der Waals surface area contributed by atoms with Crippen LogP contribution in [0.2, 0.25) is 0 Å². The molecule has 11 aromatic rings. The molecule has 1 aliphatic rings. The molecule has 1 aliphatic carbocycles. The van der Waals surface area contributed by atoms with Crippen LogP contribution in [-0.4, -0.2) is 0 Å². The molecule has 63 heavy (non-hydrogen) atoms. The second kappa shape index (κ2) is 14.8. The minimum Gasteiger partial charge on any atom is -0.310 e. The number of hydrogen-bond donors (Lipinski definition) is 0. The van der Waals surface area contributed by atoms with Crippen molar-refractivity contribution < 1.29 is 0 Å².